The first-order chi connectivity index (χ1) is 15.4. The Morgan fingerprint density at radius 2 is 1.19 bits per heavy atom. The van der Waals surface area contributed by atoms with E-state index in [0.717, 1.165) is 45.7 Å². The lowest BCUT2D eigenvalue weighted by molar-refractivity contribution is 0.111. The minimum atomic E-state index is 0.392. The van der Waals surface area contributed by atoms with Crippen LogP contribution in [0.25, 0.3) is 10.9 Å². The fraction of sp³-hybridized carbons (Fsp3) is 0.148. The van der Waals surface area contributed by atoms with Crippen molar-refractivity contribution in [1.82, 2.24) is 4.98 Å². The summed E-state index contributed by atoms with van der Waals surface area (Å²) in [6.07, 6.45) is 1.66. The Morgan fingerprint density at radius 3 is 1.72 bits per heavy atom. The summed E-state index contributed by atoms with van der Waals surface area (Å²) < 4.78 is 12.5. The number of nitrogens with zero attached hydrogens (tertiary/aromatic N) is 1. The third-order valence-electron chi connectivity index (χ3n) is 5.31. The molecule has 1 heterocycles. The van der Waals surface area contributed by atoms with Gasteiger partial charge >= 0.3 is 0 Å². The first-order valence-electron chi connectivity index (χ1n) is 10.3. The summed E-state index contributed by atoms with van der Waals surface area (Å²) in [4.78, 5) is 27.0. The maximum atomic E-state index is 11.2. The quantitative estimate of drug-likeness (QED) is 0.322. The molecule has 5 nitrogen and oxygen atoms in total. The van der Waals surface area contributed by atoms with Crippen LogP contribution in [0.2, 0.25) is 0 Å². The highest BCUT2D eigenvalue weighted by Gasteiger charge is 2.15. The molecule has 0 aliphatic rings. The van der Waals surface area contributed by atoms with Crippen molar-refractivity contribution in [1.29, 1.82) is 0 Å². The Hall–Kier alpha value is -3.99. The van der Waals surface area contributed by atoms with Crippen LogP contribution in [0.4, 0.5) is 0 Å². The lowest BCUT2D eigenvalue weighted by atomic mass is 10.1. The maximum Gasteiger partial charge on any atom is 0.223 e. The smallest absolute Gasteiger partial charge is 0.223 e. The van der Waals surface area contributed by atoms with Crippen LogP contribution in [-0.2, 0) is 0 Å². The van der Waals surface area contributed by atoms with Gasteiger partial charge in [0.15, 0.2) is 0 Å². The van der Waals surface area contributed by atoms with Crippen molar-refractivity contribution < 1.29 is 19.1 Å². The maximum absolute atomic E-state index is 11.2. The SMILES string of the molecule is Cc1cc(C=O)cc(C)c1Oc1cc(Oc2c(C)cc(C=O)cc2C)c2ccccc2n1. The molecule has 0 unspecified atom stereocenters. The van der Waals surface area contributed by atoms with Gasteiger partial charge in [0.2, 0.25) is 5.88 Å². The lowest BCUT2D eigenvalue weighted by Crippen LogP contribution is -1.98. The van der Waals surface area contributed by atoms with E-state index in [1.807, 2.05) is 52.0 Å². The number of ether oxygens (including phenoxy) is 2. The van der Waals surface area contributed by atoms with Gasteiger partial charge in [-0.2, -0.15) is 0 Å². The Balaban J connectivity index is 1.80. The summed E-state index contributed by atoms with van der Waals surface area (Å²) >= 11 is 0. The molecule has 0 aliphatic heterocycles. The third-order valence-corrected chi connectivity index (χ3v) is 5.31. The number of carbonyl (C=O) groups excluding carboxylic acids is 2. The average molecular weight is 425 g/mol. The number of fused-ring (bicyclic) bond motifs is 1. The zero-order valence-corrected chi connectivity index (χ0v) is 18.4. The van der Waals surface area contributed by atoms with Crippen LogP contribution in [0.15, 0.2) is 54.6 Å². The fourth-order valence-electron chi connectivity index (χ4n) is 3.90. The minimum Gasteiger partial charge on any atom is -0.456 e. The molecule has 0 atom stereocenters. The average Bonchev–Trinajstić information content (AvgIpc) is 2.78. The highest BCUT2D eigenvalue weighted by molar-refractivity contribution is 5.86. The van der Waals surface area contributed by atoms with Crippen molar-refractivity contribution in [2.45, 2.75) is 27.7 Å². The van der Waals surface area contributed by atoms with E-state index in [0.29, 0.717) is 34.3 Å². The van der Waals surface area contributed by atoms with Gasteiger partial charge in [0.1, 0.15) is 29.8 Å². The first-order valence-corrected chi connectivity index (χ1v) is 10.3. The molecule has 0 saturated carbocycles. The first kappa shape index (κ1) is 21.2. The van der Waals surface area contributed by atoms with E-state index in [-0.39, 0.29) is 0 Å². The van der Waals surface area contributed by atoms with Gasteiger partial charge in [-0.1, -0.05) is 12.1 Å². The fourth-order valence-corrected chi connectivity index (χ4v) is 3.90. The van der Waals surface area contributed by atoms with E-state index >= 15 is 0 Å². The van der Waals surface area contributed by atoms with Crippen LogP contribution in [0.1, 0.15) is 43.0 Å². The molecule has 3 aromatic carbocycles. The van der Waals surface area contributed by atoms with Gasteiger partial charge in [-0.05, 0) is 86.3 Å². The van der Waals surface area contributed by atoms with Crippen LogP contribution in [0, 0.1) is 27.7 Å². The molecule has 0 N–H and O–H groups in total. The van der Waals surface area contributed by atoms with Crippen molar-refractivity contribution in [2.24, 2.45) is 0 Å². The molecule has 4 rings (SSSR count). The number of para-hydroxylation sites is 1. The molecule has 5 heteroatoms. The Morgan fingerprint density at radius 1 is 0.688 bits per heavy atom. The number of aromatic nitrogens is 1. The van der Waals surface area contributed by atoms with Crippen LogP contribution >= 0.6 is 0 Å². The molecular formula is C27H23NO4. The second-order valence-electron chi connectivity index (χ2n) is 7.88. The molecule has 0 saturated heterocycles. The summed E-state index contributed by atoms with van der Waals surface area (Å²) in [5, 5.41) is 0.850. The molecule has 0 radical (unpaired) electrons. The molecular weight excluding hydrogens is 402 g/mol. The van der Waals surface area contributed by atoms with E-state index in [1.54, 1.807) is 30.3 Å². The van der Waals surface area contributed by atoms with Crippen molar-refractivity contribution in [3.63, 3.8) is 0 Å². The second kappa shape index (κ2) is 8.63. The van der Waals surface area contributed by atoms with Crippen molar-refractivity contribution in [3.8, 4) is 23.1 Å². The van der Waals surface area contributed by atoms with Gasteiger partial charge in [-0.25, -0.2) is 4.98 Å². The van der Waals surface area contributed by atoms with Crippen molar-refractivity contribution in [3.05, 3.63) is 88.0 Å². The van der Waals surface area contributed by atoms with Gasteiger partial charge < -0.3 is 9.47 Å². The Labute approximate surface area is 186 Å². The molecule has 32 heavy (non-hydrogen) atoms. The van der Waals surface area contributed by atoms with E-state index < -0.39 is 0 Å². The summed E-state index contributed by atoms with van der Waals surface area (Å²) in [6, 6.07) is 16.6. The van der Waals surface area contributed by atoms with Crippen LogP contribution in [0.3, 0.4) is 0 Å². The molecule has 0 spiro atoms. The van der Waals surface area contributed by atoms with Gasteiger partial charge in [0.25, 0.3) is 0 Å². The van der Waals surface area contributed by atoms with Gasteiger partial charge in [-0.15, -0.1) is 0 Å². The monoisotopic (exact) mass is 425 g/mol. The number of aryl methyl sites for hydroxylation is 4. The largest absolute Gasteiger partial charge is 0.456 e. The number of benzene rings is 3. The number of hydrogen-bond donors (Lipinski definition) is 0. The molecule has 0 amide bonds. The predicted octanol–water partition coefficient (Wildman–Crippen LogP) is 6.68. The van der Waals surface area contributed by atoms with Gasteiger partial charge in [-0.3, -0.25) is 9.59 Å². The highest BCUT2D eigenvalue weighted by atomic mass is 16.5. The normalized spacial score (nSPS) is 10.8. The lowest BCUT2D eigenvalue weighted by Gasteiger charge is -2.16. The second-order valence-corrected chi connectivity index (χ2v) is 7.88. The van der Waals surface area contributed by atoms with Gasteiger partial charge in [0.05, 0.1) is 5.52 Å². The summed E-state index contributed by atoms with van der Waals surface area (Å²) in [5.41, 5.74) is 5.38. The predicted molar refractivity (Wildman–Crippen MR) is 124 cm³/mol. The van der Waals surface area contributed by atoms with Crippen LogP contribution < -0.4 is 9.47 Å². The van der Waals surface area contributed by atoms with E-state index in [1.165, 1.54) is 0 Å². The number of carbonyl (C=O) groups is 2. The number of hydrogen-bond acceptors (Lipinski definition) is 5. The molecule has 1 aromatic heterocycles. The molecule has 0 aliphatic carbocycles. The number of pyridine rings is 1. The summed E-state index contributed by atoms with van der Waals surface area (Å²) in [6.45, 7) is 7.62. The zero-order chi connectivity index (χ0) is 22.8. The van der Waals surface area contributed by atoms with Crippen LogP contribution in [0.5, 0.6) is 23.1 Å². The van der Waals surface area contributed by atoms with E-state index in [4.69, 9.17) is 9.47 Å². The topological polar surface area (TPSA) is 65.5 Å². The summed E-state index contributed by atoms with van der Waals surface area (Å²) in [7, 11) is 0. The minimum absolute atomic E-state index is 0.392. The highest BCUT2D eigenvalue weighted by Crippen LogP contribution is 2.37. The van der Waals surface area contributed by atoms with E-state index in [2.05, 4.69) is 4.98 Å². The Bertz CT molecular complexity index is 1310. The standard InChI is InChI=1S/C27H23NO4/c1-16-9-20(14-29)10-17(2)26(16)31-24-13-25(28-23-8-6-5-7-22(23)24)32-27-18(3)11-21(15-30)12-19(27)4/h5-15H,1-4H3. The van der Waals surface area contributed by atoms with Gasteiger partial charge in [0, 0.05) is 22.6 Å². The molecule has 160 valence electrons. The Kier molecular flexibility index (Phi) is 5.73. The third kappa shape index (κ3) is 4.10. The number of aldehydes is 2. The zero-order valence-electron chi connectivity index (χ0n) is 18.4. The summed E-state index contributed by atoms with van der Waals surface area (Å²) in [5.74, 6) is 2.35. The molecule has 0 bridgehead atoms. The number of rotatable bonds is 6. The van der Waals surface area contributed by atoms with Crippen LogP contribution in [-0.4, -0.2) is 17.6 Å². The van der Waals surface area contributed by atoms with E-state index in [9.17, 15) is 9.59 Å². The molecule has 4 aromatic rings. The van der Waals surface area contributed by atoms with Crippen molar-refractivity contribution in [2.75, 3.05) is 0 Å². The molecule has 0 fully saturated rings. The van der Waals surface area contributed by atoms with Crippen molar-refractivity contribution >= 4 is 23.5 Å².